The summed E-state index contributed by atoms with van der Waals surface area (Å²) in [4.78, 5) is 14.1. The summed E-state index contributed by atoms with van der Waals surface area (Å²) in [6.45, 7) is 4.97. The number of carbonyl (C=O) groups excluding carboxylic acids is 1. The Morgan fingerprint density at radius 1 is 1.00 bits per heavy atom. The Morgan fingerprint density at radius 2 is 1.58 bits per heavy atom. The molecule has 8 nitrogen and oxygen atoms in total. The summed E-state index contributed by atoms with van der Waals surface area (Å²) in [5.41, 5.74) is 1.04. The van der Waals surface area contributed by atoms with E-state index in [1.54, 1.807) is 4.90 Å². The number of piperazine rings is 1. The summed E-state index contributed by atoms with van der Waals surface area (Å²) in [5, 5.41) is 2.97. The number of rotatable bonds is 4. The fourth-order valence-corrected chi connectivity index (χ4v) is 4.73. The molecule has 1 aromatic carbocycles. The molecule has 2 aliphatic heterocycles. The zero-order chi connectivity index (χ0) is 18.6. The molecule has 0 aliphatic carbocycles. The number of morpholine rings is 1. The number of benzene rings is 1. The Kier molecular flexibility index (Phi) is 6.13. The van der Waals surface area contributed by atoms with E-state index in [1.807, 2.05) is 37.3 Å². The first-order chi connectivity index (χ1) is 12.5. The van der Waals surface area contributed by atoms with Crippen LogP contribution in [0.3, 0.4) is 0 Å². The van der Waals surface area contributed by atoms with Gasteiger partial charge in [-0.1, -0.05) is 30.3 Å². The standard InChI is InChI=1S/C17H26N4O4S/c1-15(16-5-3-2-4-6-16)18-17(22)19-7-9-20(10-8-19)26(23,24)21-11-13-25-14-12-21/h2-6,15H,7-14H2,1H3,(H,18,22)/t15-/m0/s1. The SMILES string of the molecule is C[C@H](NC(=O)N1CCN(S(=O)(=O)N2CCOCC2)CC1)c1ccccc1. The number of hydrogen-bond donors (Lipinski definition) is 1. The fraction of sp³-hybridized carbons (Fsp3) is 0.588. The van der Waals surface area contributed by atoms with Gasteiger partial charge < -0.3 is 15.0 Å². The van der Waals surface area contributed by atoms with E-state index in [-0.39, 0.29) is 12.1 Å². The fourth-order valence-electron chi connectivity index (χ4n) is 3.16. The molecule has 0 radical (unpaired) electrons. The summed E-state index contributed by atoms with van der Waals surface area (Å²) in [6, 6.07) is 9.49. The average Bonchev–Trinajstić information content (AvgIpc) is 2.69. The lowest BCUT2D eigenvalue weighted by Crippen LogP contribution is -2.57. The highest BCUT2D eigenvalue weighted by molar-refractivity contribution is 7.86. The summed E-state index contributed by atoms with van der Waals surface area (Å²) in [5.74, 6) is 0. The Hall–Kier alpha value is -1.68. The van der Waals surface area contributed by atoms with Crippen molar-refractivity contribution in [2.45, 2.75) is 13.0 Å². The molecule has 9 heteroatoms. The Bertz CT molecular complexity index is 699. The zero-order valence-electron chi connectivity index (χ0n) is 15.0. The molecular weight excluding hydrogens is 356 g/mol. The van der Waals surface area contributed by atoms with Crippen molar-refractivity contribution in [2.75, 3.05) is 52.5 Å². The molecule has 1 atom stereocenters. The first kappa shape index (κ1) is 19.1. The summed E-state index contributed by atoms with van der Waals surface area (Å²) >= 11 is 0. The quantitative estimate of drug-likeness (QED) is 0.829. The number of amides is 2. The van der Waals surface area contributed by atoms with Crippen LogP contribution in [0.25, 0.3) is 0 Å². The van der Waals surface area contributed by atoms with E-state index >= 15 is 0 Å². The number of hydrogen-bond acceptors (Lipinski definition) is 4. The molecule has 0 bridgehead atoms. The van der Waals surface area contributed by atoms with Crippen molar-refractivity contribution < 1.29 is 17.9 Å². The Morgan fingerprint density at radius 3 is 2.19 bits per heavy atom. The van der Waals surface area contributed by atoms with Gasteiger partial charge in [-0.25, -0.2) is 4.79 Å². The third kappa shape index (κ3) is 4.35. The van der Waals surface area contributed by atoms with E-state index in [4.69, 9.17) is 4.74 Å². The summed E-state index contributed by atoms with van der Waals surface area (Å²) < 4.78 is 33.5. The van der Waals surface area contributed by atoms with Crippen molar-refractivity contribution in [3.8, 4) is 0 Å². The van der Waals surface area contributed by atoms with Gasteiger partial charge in [0.1, 0.15) is 0 Å². The minimum absolute atomic E-state index is 0.0983. The second-order valence-electron chi connectivity index (χ2n) is 6.49. The van der Waals surface area contributed by atoms with E-state index in [9.17, 15) is 13.2 Å². The minimum atomic E-state index is -3.47. The van der Waals surface area contributed by atoms with Gasteiger partial charge in [0, 0.05) is 39.3 Å². The minimum Gasteiger partial charge on any atom is -0.379 e. The van der Waals surface area contributed by atoms with Crippen LogP contribution in [-0.2, 0) is 14.9 Å². The highest BCUT2D eigenvalue weighted by atomic mass is 32.2. The van der Waals surface area contributed by atoms with Crippen molar-refractivity contribution in [1.29, 1.82) is 0 Å². The third-order valence-electron chi connectivity index (χ3n) is 4.79. The highest BCUT2D eigenvalue weighted by Gasteiger charge is 2.34. The van der Waals surface area contributed by atoms with Crippen LogP contribution in [0.15, 0.2) is 30.3 Å². The number of nitrogens with one attached hydrogen (secondary N) is 1. The lowest BCUT2D eigenvalue weighted by atomic mass is 10.1. The van der Waals surface area contributed by atoms with Crippen LogP contribution in [0.4, 0.5) is 4.79 Å². The van der Waals surface area contributed by atoms with Crippen molar-refractivity contribution in [3.63, 3.8) is 0 Å². The molecule has 2 amide bonds. The van der Waals surface area contributed by atoms with Crippen molar-refractivity contribution >= 4 is 16.2 Å². The lowest BCUT2D eigenvalue weighted by molar-refractivity contribution is 0.0689. The second kappa shape index (κ2) is 8.34. The van der Waals surface area contributed by atoms with Crippen molar-refractivity contribution in [2.24, 2.45) is 0 Å². The Labute approximate surface area is 154 Å². The van der Waals surface area contributed by atoms with Crippen LogP contribution in [0.5, 0.6) is 0 Å². The van der Waals surface area contributed by atoms with Crippen molar-refractivity contribution in [1.82, 2.24) is 18.8 Å². The number of carbonyl (C=O) groups is 1. The molecule has 0 unspecified atom stereocenters. The molecule has 0 saturated carbocycles. The molecule has 1 N–H and O–H groups in total. The predicted molar refractivity (Wildman–Crippen MR) is 97.8 cm³/mol. The van der Waals surface area contributed by atoms with Crippen LogP contribution < -0.4 is 5.32 Å². The molecule has 144 valence electrons. The van der Waals surface area contributed by atoms with Gasteiger partial charge in [0.25, 0.3) is 10.2 Å². The van der Waals surface area contributed by atoms with Gasteiger partial charge in [-0.2, -0.15) is 17.0 Å². The maximum atomic E-state index is 12.7. The predicted octanol–water partition coefficient (Wildman–Crippen LogP) is 0.652. The zero-order valence-corrected chi connectivity index (χ0v) is 15.8. The van der Waals surface area contributed by atoms with E-state index in [0.29, 0.717) is 52.5 Å². The maximum absolute atomic E-state index is 12.7. The topological polar surface area (TPSA) is 82.2 Å². The molecule has 2 saturated heterocycles. The summed E-state index contributed by atoms with van der Waals surface area (Å²) in [7, 11) is -3.47. The monoisotopic (exact) mass is 382 g/mol. The van der Waals surface area contributed by atoms with E-state index in [2.05, 4.69) is 5.32 Å². The number of ether oxygens (including phenoxy) is 1. The first-order valence-electron chi connectivity index (χ1n) is 8.92. The number of urea groups is 1. The average molecular weight is 382 g/mol. The highest BCUT2D eigenvalue weighted by Crippen LogP contribution is 2.15. The summed E-state index contributed by atoms with van der Waals surface area (Å²) in [6.07, 6.45) is 0. The molecule has 0 aromatic heterocycles. The van der Waals surface area contributed by atoms with Crippen LogP contribution in [0, 0.1) is 0 Å². The molecule has 26 heavy (non-hydrogen) atoms. The van der Waals surface area contributed by atoms with Gasteiger partial charge in [-0.05, 0) is 12.5 Å². The van der Waals surface area contributed by atoms with E-state index in [0.717, 1.165) is 5.56 Å². The van der Waals surface area contributed by atoms with Gasteiger partial charge in [0.2, 0.25) is 0 Å². The normalized spacial score (nSPS) is 21.3. The van der Waals surface area contributed by atoms with Gasteiger partial charge in [-0.3, -0.25) is 0 Å². The van der Waals surface area contributed by atoms with Crippen molar-refractivity contribution in [3.05, 3.63) is 35.9 Å². The van der Waals surface area contributed by atoms with Gasteiger partial charge in [0.15, 0.2) is 0 Å². The molecule has 2 aliphatic rings. The lowest BCUT2D eigenvalue weighted by Gasteiger charge is -2.37. The molecule has 3 rings (SSSR count). The van der Waals surface area contributed by atoms with Crippen LogP contribution >= 0.6 is 0 Å². The molecule has 2 fully saturated rings. The first-order valence-corrected chi connectivity index (χ1v) is 10.3. The number of nitrogens with zero attached hydrogens (tertiary/aromatic N) is 3. The molecular formula is C17H26N4O4S. The third-order valence-corrected chi connectivity index (χ3v) is 6.82. The maximum Gasteiger partial charge on any atom is 0.317 e. The van der Waals surface area contributed by atoms with Crippen LogP contribution in [0.2, 0.25) is 0 Å². The molecule has 2 heterocycles. The second-order valence-corrected chi connectivity index (χ2v) is 8.42. The molecule has 1 aromatic rings. The van der Waals surface area contributed by atoms with Gasteiger partial charge >= 0.3 is 6.03 Å². The van der Waals surface area contributed by atoms with Crippen LogP contribution in [-0.4, -0.2) is 80.4 Å². The largest absolute Gasteiger partial charge is 0.379 e. The van der Waals surface area contributed by atoms with Crippen LogP contribution in [0.1, 0.15) is 18.5 Å². The van der Waals surface area contributed by atoms with Gasteiger partial charge in [0.05, 0.1) is 19.3 Å². The molecule has 0 spiro atoms. The smallest absolute Gasteiger partial charge is 0.317 e. The van der Waals surface area contributed by atoms with Gasteiger partial charge in [-0.15, -0.1) is 0 Å². The van der Waals surface area contributed by atoms with E-state index < -0.39 is 10.2 Å². The Balaban J connectivity index is 1.52. The van der Waals surface area contributed by atoms with E-state index in [1.165, 1.54) is 8.61 Å².